The number of aryl methyl sites for hydroxylation is 1. The van der Waals surface area contributed by atoms with Crippen molar-refractivity contribution >= 4 is 17.9 Å². The number of ether oxygens (including phenoxy) is 3. The monoisotopic (exact) mass is 337 g/mol. The molecule has 1 aliphatic rings. The second kappa shape index (κ2) is 7.21. The molecule has 5 heteroatoms. The molecular formula is C20H19NO4. The number of nitrogens with zero attached hydrogens (tertiary/aromatic N) is 1. The first-order valence-corrected chi connectivity index (χ1v) is 7.99. The van der Waals surface area contributed by atoms with Gasteiger partial charge in [-0.3, -0.25) is 0 Å². The Kier molecular flexibility index (Phi) is 4.84. The third kappa shape index (κ3) is 3.40. The Labute approximate surface area is 146 Å². The zero-order valence-electron chi connectivity index (χ0n) is 14.4. The molecule has 128 valence electrons. The third-order valence-corrected chi connectivity index (χ3v) is 3.95. The number of cyclic esters (lactones) is 1. The van der Waals surface area contributed by atoms with Gasteiger partial charge in [0.1, 0.15) is 17.1 Å². The zero-order chi connectivity index (χ0) is 17.8. The van der Waals surface area contributed by atoms with Crippen molar-refractivity contribution in [3.8, 4) is 11.5 Å². The van der Waals surface area contributed by atoms with E-state index in [2.05, 4.69) is 11.9 Å². The normalized spacial score (nSPS) is 15.1. The molecule has 0 N–H and O–H groups in total. The number of hydrogen-bond donors (Lipinski definition) is 0. The van der Waals surface area contributed by atoms with Gasteiger partial charge in [-0.05, 0) is 35.8 Å². The SMILES string of the molecule is CCc1ccc(/C=C2/N=C(c3c(OC)cccc3OC)OC2=O)cc1. The molecule has 0 radical (unpaired) electrons. The molecule has 0 aliphatic carbocycles. The van der Waals surface area contributed by atoms with Crippen LogP contribution in [0, 0.1) is 0 Å². The summed E-state index contributed by atoms with van der Waals surface area (Å²) in [5.41, 5.74) is 2.89. The van der Waals surface area contributed by atoms with E-state index in [4.69, 9.17) is 14.2 Å². The van der Waals surface area contributed by atoms with Gasteiger partial charge >= 0.3 is 5.97 Å². The Morgan fingerprint density at radius 3 is 2.24 bits per heavy atom. The minimum atomic E-state index is -0.498. The van der Waals surface area contributed by atoms with Crippen LogP contribution in [0.5, 0.6) is 11.5 Å². The lowest BCUT2D eigenvalue weighted by Gasteiger charge is -2.11. The van der Waals surface area contributed by atoms with Crippen molar-refractivity contribution in [2.75, 3.05) is 14.2 Å². The first kappa shape index (κ1) is 16.8. The molecule has 2 aromatic rings. The van der Waals surface area contributed by atoms with Crippen molar-refractivity contribution in [3.05, 3.63) is 64.9 Å². The number of carbonyl (C=O) groups is 1. The van der Waals surface area contributed by atoms with E-state index in [1.165, 1.54) is 5.56 Å². The Bertz CT molecular complexity index is 828. The molecule has 0 atom stereocenters. The van der Waals surface area contributed by atoms with Gasteiger partial charge in [-0.15, -0.1) is 0 Å². The molecule has 5 nitrogen and oxygen atoms in total. The van der Waals surface area contributed by atoms with Crippen LogP contribution < -0.4 is 9.47 Å². The van der Waals surface area contributed by atoms with Gasteiger partial charge in [-0.25, -0.2) is 9.79 Å². The summed E-state index contributed by atoms with van der Waals surface area (Å²) in [4.78, 5) is 16.5. The highest BCUT2D eigenvalue weighted by Crippen LogP contribution is 2.32. The van der Waals surface area contributed by atoms with Gasteiger partial charge < -0.3 is 14.2 Å². The van der Waals surface area contributed by atoms with Crippen molar-refractivity contribution in [2.45, 2.75) is 13.3 Å². The van der Waals surface area contributed by atoms with Crippen LogP contribution in [0.15, 0.2) is 53.2 Å². The predicted octanol–water partition coefficient (Wildman–Crippen LogP) is 3.61. The maximum absolute atomic E-state index is 12.2. The van der Waals surface area contributed by atoms with Crippen LogP contribution in [-0.4, -0.2) is 26.1 Å². The highest BCUT2D eigenvalue weighted by Gasteiger charge is 2.28. The molecule has 2 aromatic carbocycles. The molecule has 25 heavy (non-hydrogen) atoms. The molecular weight excluding hydrogens is 318 g/mol. The standard InChI is InChI=1S/C20H19NO4/c1-4-13-8-10-14(11-9-13)12-15-20(22)25-19(21-15)18-16(23-2)6-5-7-17(18)24-3/h5-12H,4H2,1-3H3/b15-12+. The first-order valence-electron chi connectivity index (χ1n) is 7.99. The van der Waals surface area contributed by atoms with Crippen LogP contribution in [-0.2, 0) is 16.0 Å². The smallest absolute Gasteiger partial charge is 0.363 e. The van der Waals surface area contributed by atoms with E-state index in [0.717, 1.165) is 12.0 Å². The van der Waals surface area contributed by atoms with E-state index >= 15 is 0 Å². The van der Waals surface area contributed by atoms with E-state index in [0.29, 0.717) is 17.1 Å². The van der Waals surface area contributed by atoms with Gasteiger partial charge in [0, 0.05) is 0 Å². The van der Waals surface area contributed by atoms with Gasteiger partial charge in [0.2, 0.25) is 5.90 Å². The fourth-order valence-electron chi connectivity index (χ4n) is 2.59. The first-order chi connectivity index (χ1) is 12.2. The fourth-order valence-corrected chi connectivity index (χ4v) is 2.59. The van der Waals surface area contributed by atoms with Gasteiger partial charge in [-0.2, -0.15) is 0 Å². The molecule has 0 unspecified atom stereocenters. The number of rotatable bonds is 5. The van der Waals surface area contributed by atoms with E-state index in [9.17, 15) is 4.79 Å². The fraction of sp³-hybridized carbons (Fsp3) is 0.200. The van der Waals surface area contributed by atoms with Crippen LogP contribution in [0.2, 0.25) is 0 Å². The lowest BCUT2D eigenvalue weighted by Crippen LogP contribution is -2.08. The van der Waals surface area contributed by atoms with Crippen LogP contribution in [0.3, 0.4) is 0 Å². The van der Waals surface area contributed by atoms with Crippen LogP contribution in [0.25, 0.3) is 6.08 Å². The number of benzene rings is 2. The highest BCUT2D eigenvalue weighted by molar-refractivity contribution is 6.14. The minimum Gasteiger partial charge on any atom is -0.496 e. The lowest BCUT2D eigenvalue weighted by molar-refractivity contribution is -0.129. The van der Waals surface area contributed by atoms with E-state index < -0.39 is 5.97 Å². The van der Waals surface area contributed by atoms with Gasteiger partial charge in [0.25, 0.3) is 0 Å². The molecule has 0 spiro atoms. The molecule has 0 aromatic heterocycles. The molecule has 0 fully saturated rings. The van der Waals surface area contributed by atoms with Crippen molar-refractivity contribution in [1.82, 2.24) is 0 Å². The third-order valence-electron chi connectivity index (χ3n) is 3.95. The topological polar surface area (TPSA) is 57.1 Å². The summed E-state index contributed by atoms with van der Waals surface area (Å²) in [6.07, 6.45) is 2.67. The summed E-state index contributed by atoms with van der Waals surface area (Å²) in [7, 11) is 3.09. The number of hydrogen-bond acceptors (Lipinski definition) is 5. The van der Waals surface area contributed by atoms with Gasteiger partial charge in [0.15, 0.2) is 5.70 Å². The summed E-state index contributed by atoms with van der Waals surface area (Å²) in [5, 5.41) is 0. The molecule has 0 saturated heterocycles. The highest BCUT2D eigenvalue weighted by atomic mass is 16.6. The van der Waals surface area contributed by atoms with Gasteiger partial charge in [0.05, 0.1) is 14.2 Å². The van der Waals surface area contributed by atoms with Crippen LogP contribution in [0.4, 0.5) is 0 Å². The number of aliphatic imine (C=N–C) groups is 1. The Morgan fingerprint density at radius 1 is 1.04 bits per heavy atom. The quantitative estimate of drug-likeness (QED) is 0.618. The Balaban J connectivity index is 1.99. The summed E-state index contributed by atoms with van der Waals surface area (Å²) in [5.74, 6) is 0.733. The second-order valence-corrected chi connectivity index (χ2v) is 5.47. The molecule has 0 amide bonds. The van der Waals surface area contributed by atoms with Gasteiger partial charge in [-0.1, -0.05) is 37.3 Å². The number of esters is 1. The Morgan fingerprint density at radius 2 is 1.68 bits per heavy atom. The molecule has 1 aliphatic heterocycles. The average Bonchev–Trinajstić information content (AvgIpc) is 3.01. The second-order valence-electron chi connectivity index (χ2n) is 5.47. The molecule has 1 heterocycles. The van der Waals surface area contributed by atoms with E-state index in [-0.39, 0.29) is 11.6 Å². The summed E-state index contributed by atoms with van der Waals surface area (Å²) < 4.78 is 16.0. The number of methoxy groups -OCH3 is 2. The van der Waals surface area contributed by atoms with Crippen molar-refractivity contribution < 1.29 is 19.0 Å². The minimum absolute atomic E-state index is 0.177. The molecule has 3 rings (SSSR count). The maximum atomic E-state index is 12.2. The molecule has 0 saturated carbocycles. The maximum Gasteiger partial charge on any atom is 0.363 e. The van der Waals surface area contributed by atoms with Crippen molar-refractivity contribution in [2.24, 2.45) is 4.99 Å². The Hall–Kier alpha value is -3.08. The lowest BCUT2D eigenvalue weighted by atomic mass is 10.1. The zero-order valence-corrected chi connectivity index (χ0v) is 14.4. The number of carbonyl (C=O) groups excluding carboxylic acids is 1. The van der Waals surface area contributed by atoms with Crippen LogP contribution in [0.1, 0.15) is 23.6 Å². The molecule has 0 bridgehead atoms. The van der Waals surface area contributed by atoms with E-state index in [1.807, 2.05) is 24.3 Å². The van der Waals surface area contributed by atoms with Crippen LogP contribution >= 0.6 is 0 Å². The van der Waals surface area contributed by atoms with Crippen molar-refractivity contribution in [1.29, 1.82) is 0 Å². The predicted molar refractivity (Wildman–Crippen MR) is 96.0 cm³/mol. The average molecular weight is 337 g/mol. The summed E-state index contributed by atoms with van der Waals surface area (Å²) in [6, 6.07) is 13.3. The summed E-state index contributed by atoms with van der Waals surface area (Å²) in [6.45, 7) is 2.10. The van der Waals surface area contributed by atoms with Crippen molar-refractivity contribution in [3.63, 3.8) is 0 Å². The summed E-state index contributed by atoms with van der Waals surface area (Å²) >= 11 is 0. The largest absolute Gasteiger partial charge is 0.496 e. The van der Waals surface area contributed by atoms with E-state index in [1.54, 1.807) is 38.5 Å².